The fraction of sp³-hybridized carbons (Fsp3) is 0.143. The van der Waals surface area contributed by atoms with E-state index in [1.54, 1.807) is 42.5 Å². The highest BCUT2D eigenvalue weighted by molar-refractivity contribution is 5.95. The highest BCUT2D eigenvalue weighted by Crippen LogP contribution is 2.38. The highest BCUT2D eigenvalue weighted by atomic mass is 19.4. The standard InChI is InChI=1S/C21H17F3N2O3/c1-29-19-12-15(8-9-18(19)21(22,23)24)14-5-4-6-16(11-14)20(27)25-13-17-7-2-3-10-26(17)28/h2-12H,13H2,1H3,(H,25,27). The lowest BCUT2D eigenvalue weighted by Gasteiger charge is -2.14. The second-order valence-corrected chi connectivity index (χ2v) is 6.19. The lowest BCUT2D eigenvalue weighted by molar-refractivity contribution is -0.614. The van der Waals surface area contributed by atoms with Crippen LogP contribution in [-0.4, -0.2) is 13.0 Å². The average molecular weight is 402 g/mol. The van der Waals surface area contributed by atoms with E-state index in [4.69, 9.17) is 4.74 Å². The molecule has 1 aromatic heterocycles. The molecule has 0 unspecified atom stereocenters. The number of nitrogens with one attached hydrogen (secondary N) is 1. The molecule has 0 bridgehead atoms. The van der Waals surface area contributed by atoms with Crippen molar-refractivity contribution >= 4 is 5.91 Å². The van der Waals surface area contributed by atoms with E-state index in [2.05, 4.69) is 5.32 Å². The molecule has 0 aliphatic heterocycles. The van der Waals surface area contributed by atoms with Crippen molar-refractivity contribution in [3.63, 3.8) is 0 Å². The van der Waals surface area contributed by atoms with Gasteiger partial charge in [0.05, 0.1) is 12.7 Å². The molecule has 0 saturated carbocycles. The summed E-state index contributed by atoms with van der Waals surface area (Å²) in [5, 5.41) is 14.3. The van der Waals surface area contributed by atoms with Crippen LogP contribution in [0.5, 0.6) is 5.75 Å². The molecule has 3 aromatic rings. The molecule has 1 heterocycles. The topological polar surface area (TPSA) is 65.3 Å². The first-order valence-electron chi connectivity index (χ1n) is 8.60. The Morgan fingerprint density at radius 3 is 2.52 bits per heavy atom. The Morgan fingerprint density at radius 1 is 1.07 bits per heavy atom. The van der Waals surface area contributed by atoms with Crippen molar-refractivity contribution in [2.75, 3.05) is 7.11 Å². The number of amides is 1. The molecule has 0 saturated heterocycles. The minimum absolute atomic E-state index is 0.0432. The quantitative estimate of drug-likeness (QED) is 0.519. The SMILES string of the molecule is COc1cc(-c2cccc(C(=O)NCc3cccc[n+]3[O-])c2)ccc1C(F)(F)F. The number of alkyl halides is 3. The molecule has 0 spiro atoms. The van der Waals surface area contributed by atoms with Gasteiger partial charge in [-0.25, -0.2) is 0 Å². The van der Waals surface area contributed by atoms with Gasteiger partial charge in [0, 0.05) is 17.7 Å². The summed E-state index contributed by atoms with van der Waals surface area (Å²) in [6.45, 7) is 0.0432. The number of carbonyl (C=O) groups is 1. The van der Waals surface area contributed by atoms with E-state index in [0.717, 1.165) is 6.07 Å². The zero-order valence-electron chi connectivity index (χ0n) is 15.4. The number of halogens is 3. The van der Waals surface area contributed by atoms with Gasteiger partial charge in [-0.3, -0.25) is 4.79 Å². The summed E-state index contributed by atoms with van der Waals surface area (Å²) >= 11 is 0. The minimum atomic E-state index is -4.53. The van der Waals surface area contributed by atoms with Gasteiger partial charge in [-0.15, -0.1) is 0 Å². The summed E-state index contributed by atoms with van der Waals surface area (Å²) in [7, 11) is 1.17. The van der Waals surface area contributed by atoms with Gasteiger partial charge < -0.3 is 15.3 Å². The van der Waals surface area contributed by atoms with Gasteiger partial charge in [0.1, 0.15) is 12.3 Å². The predicted molar refractivity (Wildman–Crippen MR) is 100 cm³/mol. The third-order valence-electron chi connectivity index (χ3n) is 4.30. The van der Waals surface area contributed by atoms with Crippen molar-refractivity contribution in [1.82, 2.24) is 5.32 Å². The molecule has 150 valence electrons. The van der Waals surface area contributed by atoms with Crippen LogP contribution in [0.3, 0.4) is 0 Å². The number of ether oxygens (including phenoxy) is 1. The number of nitrogens with zero attached hydrogens (tertiary/aromatic N) is 1. The molecule has 1 amide bonds. The van der Waals surface area contributed by atoms with Crippen LogP contribution in [0.15, 0.2) is 66.9 Å². The zero-order valence-corrected chi connectivity index (χ0v) is 15.4. The molecule has 8 heteroatoms. The van der Waals surface area contributed by atoms with Crippen LogP contribution in [0.4, 0.5) is 13.2 Å². The molecule has 2 aromatic carbocycles. The molecule has 5 nitrogen and oxygen atoms in total. The first kappa shape index (κ1) is 20.2. The first-order chi connectivity index (χ1) is 13.8. The summed E-state index contributed by atoms with van der Waals surface area (Å²) < 4.78 is 44.6. The van der Waals surface area contributed by atoms with E-state index in [1.807, 2.05) is 0 Å². The van der Waals surface area contributed by atoms with Crippen molar-refractivity contribution < 1.29 is 27.4 Å². The van der Waals surface area contributed by atoms with Crippen molar-refractivity contribution in [1.29, 1.82) is 0 Å². The molecule has 0 aliphatic carbocycles. The van der Waals surface area contributed by atoms with Gasteiger partial charge in [0.25, 0.3) is 5.91 Å². The predicted octanol–water partition coefficient (Wildman–Crippen LogP) is 3.94. The van der Waals surface area contributed by atoms with E-state index < -0.39 is 17.6 Å². The van der Waals surface area contributed by atoms with Crippen molar-refractivity contribution in [2.24, 2.45) is 0 Å². The number of aromatic nitrogens is 1. The average Bonchev–Trinajstić information content (AvgIpc) is 2.72. The van der Waals surface area contributed by atoms with E-state index in [0.29, 0.717) is 27.1 Å². The largest absolute Gasteiger partial charge is 0.618 e. The Balaban J connectivity index is 1.82. The summed E-state index contributed by atoms with van der Waals surface area (Å²) in [5.41, 5.74) is 0.860. The van der Waals surface area contributed by atoms with Crippen LogP contribution < -0.4 is 14.8 Å². The monoisotopic (exact) mass is 402 g/mol. The third kappa shape index (κ3) is 4.66. The molecule has 3 rings (SSSR count). The van der Waals surface area contributed by atoms with Crippen molar-refractivity contribution in [3.8, 4) is 16.9 Å². The Bertz CT molecular complexity index is 1040. The number of carbonyl (C=O) groups excluding carboxylic acids is 1. The number of hydrogen-bond acceptors (Lipinski definition) is 3. The minimum Gasteiger partial charge on any atom is -0.618 e. The molecule has 29 heavy (non-hydrogen) atoms. The fourth-order valence-corrected chi connectivity index (χ4v) is 2.82. The van der Waals surface area contributed by atoms with Gasteiger partial charge in [-0.05, 0) is 41.5 Å². The maximum Gasteiger partial charge on any atom is 0.419 e. The molecule has 1 N–H and O–H groups in total. The van der Waals surface area contributed by atoms with E-state index >= 15 is 0 Å². The number of hydrogen-bond donors (Lipinski definition) is 1. The van der Waals surface area contributed by atoms with Crippen LogP contribution in [-0.2, 0) is 12.7 Å². The second kappa shape index (κ2) is 8.22. The number of pyridine rings is 1. The molecule has 0 fully saturated rings. The molecule has 0 atom stereocenters. The normalized spacial score (nSPS) is 11.2. The summed E-state index contributed by atoms with van der Waals surface area (Å²) in [5.74, 6) is -0.705. The van der Waals surface area contributed by atoms with Crippen molar-refractivity contribution in [3.05, 3.63) is 88.9 Å². The molecular weight excluding hydrogens is 385 g/mol. The van der Waals surface area contributed by atoms with Gasteiger partial charge in [-0.1, -0.05) is 18.2 Å². The van der Waals surface area contributed by atoms with Gasteiger partial charge >= 0.3 is 6.18 Å². The Morgan fingerprint density at radius 2 is 1.83 bits per heavy atom. The van der Waals surface area contributed by atoms with Crippen LogP contribution in [0.2, 0.25) is 0 Å². The van der Waals surface area contributed by atoms with Crippen LogP contribution in [0.25, 0.3) is 11.1 Å². The third-order valence-corrected chi connectivity index (χ3v) is 4.30. The summed E-state index contributed by atoms with van der Waals surface area (Å²) in [6, 6.07) is 14.9. The van der Waals surface area contributed by atoms with Crippen LogP contribution in [0, 0.1) is 5.21 Å². The summed E-state index contributed by atoms with van der Waals surface area (Å²) in [6.07, 6.45) is -3.19. The van der Waals surface area contributed by atoms with Crippen LogP contribution in [0.1, 0.15) is 21.6 Å². The maximum atomic E-state index is 13.0. The molecular formula is C21H17F3N2O3. The smallest absolute Gasteiger partial charge is 0.419 e. The fourth-order valence-electron chi connectivity index (χ4n) is 2.82. The Kier molecular flexibility index (Phi) is 5.72. The highest BCUT2D eigenvalue weighted by Gasteiger charge is 2.34. The molecule has 0 radical (unpaired) electrons. The van der Waals surface area contributed by atoms with E-state index in [9.17, 15) is 23.2 Å². The Hall–Kier alpha value is -3.55. The van der Waals surface area contributed by atoms with E-state index in [-0.39, 0.29) is 12.3 Å². The zero-order chi connectivity index (χ0) is 21.0. The second-order valence-electron chi connectivity index (χ2n) is 6.19. The summed E-state index contributed by atoms with van der Waals surface area (Å²) in [4.78, 5) is 12.4. The van der Waals surface area contributed by atoms with Crippen LogP contribution >= 0.6 is 0 Å². The molecule has 0 aliphatic rings. The first-order valence-corrected chi connectivity index (χ1v) is 8.60. The van der Waals surface area contributed by atoms with Gasteiger partial charge in [0.15, 0.2) is 6.20 Å². The van der Waals surface area contributed by atoms with Gasteiger partial charge in [0.2, 0.25) is 5.69 Å². The Labute approximate surface area is 165 Å². The lowest BCUT2D eigenvalue weighted by atomic mass is 10.0. The maximum absolute atomic E-state index is 13.0. The lowest BCUT2D eigenvalue weighted by Crippen LogP contribution is -2.35. The van der Waals surface area contributed by atoms with Gasteiger partial charge in [-0.2, -0.15) is 17.9 Å². The number of methoxy groups -OCH3 is 1. The number of rotatable bonds is 5. The van der Waals surface area contributed by atoms with Crippen molar-refractivity contribution in [2.45, 2.75) is 12.7 Å². The number of benzene rings is 2. The van der Waals surface area contributed by atoms with E-state index in [1.165, 1.54) is 25.4 Å².